The number of aryl methyl sites for hydroxylation is 1. The summed E-state index contributed by atoms with van der Waals surface area (Å²) in [6, 6.07) is 16.1. The maximum Gasteiger partial charge on any atom is 0.264 e. The largest absolute Gasteiger partial charge is 0.264 e. The van der Waals surface area contributed by atoms with E-state index in [0.717, 1.165) is 11.1 Å². The van der Waals surface area contributed by atoms with Crippen LogP contribution in [0.2, 0.25) is 0 Å². The highest BCUT2D eigenvalue weighted by atomic mass is 32.2. The first-order valence-corrected chi connectivity index (χ1v) is 8.55. The van der Waals surface area contributed by atoms with Gasteiger partial charge < -0.3 is 0 Å². The molecule has 1 N–H and O–H groups in total. The fourth-order valence-electron chi connectivity index (χ4n) is 2.16. The van der Waals surface area contributed by atoms with Gasteiger partial charge in [-0.1, -0.05) is 42.5 Å². The summed E-state index contributed by atoms with van der Waals surface area (Å²) in [5.41, 5.74) is 2.25. The van der Waals surface area contributed by atoms with Crippen LogP contribution in [0.25, 0.3) is 0 Å². The second-order valence-corrected chi connectivity index (χ2v) is 6.79. The van der Waals surface area contributed by atoms with Gasteiger partial charge in [0.05, 0.1) is 11.4 Å². The highest BCUT2D eigenvalue weighted by Crippen LogP contribution is 2.13. The smallest absolute Gasteiger partial charge is 0.246 e. The van der Waals surface area contributed by atoms with Crippen molar-refractivity contribution in [3.8, 4) is 0 Å². The summed E-state index contributed by atoms with van der Waals surface area (Å²) in [7, 11) is -3.67. The fourth-order valence-corrected chi connectivity index (χ4v) is 3.13. The zero-order valence-corrected chi connectivity index (χ0v) is 13.4. The van der Waals surface area contributed by atoms with Crippen LogP contribution < -0.4 is 4.72 Å². The second-order valence-electron chi connectivity index (χ2n) is 5.11. The summed E-state index contributed by atoms with van der Waals surface area (Å²) in [5, 5.41) is 4.17. The molecule has 23 heavy (non-hydrogen) atoms. The molecule has 0 aliphatic rings. The molecule has 0 spiro atoms. The van der Waals surface area contributed by atoms with Gasteiger partial charge in [-0.2, -0.15) is 4.98 Å². The Balaban J connectivity index is 1.77. The molecule has 0 saturated heterocycles. The number of aromatic nitrogens is 3. The zero-order valence-electron chi connectivity index (χ0n) is 12.5. The van der Waals surface area contributed by atoms with Gasteiger partial charge in [0.15, 0.2) is 0 Å². The van der Waals surface area contributed by atoms with Gasteiger partial charge >= 0.3 is 0 Å². The highest BCUT2D eigenvalue weighted by molar-refractivity contribution is 7.92. The van der Waals surface area contributed by atoms with Gasteiger partial charge in [-0.3, -0.25) is 0 Å². The van der Waals surface area contributed by atoms with Crippen molar-refractivity contribution in [3.63, 3.8) is 0 Å². The van der Waals surface area contributed by atoms with Crippen molar-refractivity contribution in [3.05, 3.63) is 72.1 Å². The lowest BCUT2D eigenvalue weighted by atomic mass is 10.1. The molecule has 0 fully saturated rings. The second kappa shape index (κ2) is 6.21. The molecule has 6 nitrogen and oxygen atoms in total. The predicted molar refractivity (Wildman–Crippen MR) is 87.6 cm³/mol. The molecule has 0 aliphatic heterocycles. The van der Waals surface area contributed by atoms with Gasteiger partial charge in [0.1, 0.15) is 6.33 Å². The Morgan fingerprint density at radius 2 is 1.74 bits per heavy atom. The number of sulfonamides is 1. The van der Waals surface area contributed by atoms with Gasteiger partial charge in [-0.25, -0.2) is 17.8 Å². The quantitative estimate of drug-likeness (QED) is 0.780. The minimum Gasteiger partial charge on any atom is -0.246 e. The molecule has 1 aromatic heterocycles. The maximum absolute atomic E-state index is 12.2. The molecule has 0 bridgehead atoms. The van der Waals surface area contributed by atoms with Crippen LogP contribution in [0.3, 0.4) is 0 Å². The number of nitrogens with zero attached hydrogens (tertiary/aromatic N) is 3. The predicted octanol–water partition coefficient (Wildman–Crippen LogP) is 2.44. The molecule has 3 aromatic rings. The third-order valence-electron chi connectivity index (χ3n) is 3.41. The van der Waals surface area contributed by atoms with Crippen molar-refractivity contribution in [2.75, 3.05) is 4.72 Å². The number of nitrogens with one attached hydrogen (secondary N) is 1. The molecular weight excluding hydrogens is 312 g/mol. The number of anilines is 1. The van der Waals surface area contributed by atoms with Crippen LogP contribution in [-0.2, 0) is 16.6 Å². The van der Waals surface area contributed by atoms with Crippen molar-refractivity contribution in [2.24, 2.45) is 0 Å². The molecule has 0 amide bonds. The van der Waals surface area contributed by atoms with Crippen LogP contribution >= 0.6 is 0 Å². The van der Waals surface area contributed by atoms with Crippen molar-refractivity contribution < 1.29 is 8.42 Å². The van der Waals surface area contributed by atoms with Crippen LogP contribution in [-0.4, -0.2) is 23.2 Å². The Bertz CT molecular complexity index is 905. The lowest BCUT2D eigenvalue weighted by Gasteiger charge is -2.05. The zero-order chi connectivity index (χ0) is 16.3. The monoisotopic (exact) mass is 328 g/mol. The Kier molecular flexibility index (Phi) is 4.12. The van der Waals surface area contributed by atoms with E-state index in [1.165, 1.54) is 18.5 Å². The highest BCUT2D eigenvalue weighted by Gasteiger charge is 2.15. The Labute approximate surface area is 134 Å². The average Bonchev–Trinajstić information content (AvgIpc) is 2.97. The molecule has 7 heteroatoms. The molecule has 1 heterocycles. The maximum atomic E-state index is 12.2. The standard InChI is InChI=1S/C16H16N4O2S/c1-13-7-5-6-8-14(13)11-20-12-17-16(18-20)19-23(21,22)15-9-3-2-4-10-15/h2-10,12H,11H2,1H3,(H,18,19). The van der Waals surface area contributed by atoms with Gasteiger partial charge in [0.2, 0.25) is 0 Å². The van der Waals surface area contributed by atoms with E-state index in [9.17, 15) is 8.42 Å². The van der Waals surface area contributed by atoms with E-state index in [4.69, 9.17) is 0 Å². The molecule has 0 aliphatic carbocycles. The van der Waals surface area contributed by atoms with Crippen molar-refractivity contribution in [1.29, 1.82) is 0 Å². The summed E-state index contributed by atoms with van der Waals surface area (Å²) in [4.78, 5) is 4.19. The Morgan fingerprint density at radius 1 is 1.04 bits per heavy atom. The molecular formula is C16H16N4O2S. The minimum absolute atomic E-state index is 0.0578. The third-order valence-corrected chi connectivity index (χ3v) is 4.75. The van der Waals surface area contributed by atoms with Crippen LogP contribution in [0, 0.1) is 6.92 Å². The molecule has 0 atom stereocenters. The number of rotatable bonds is 5. The SMILES string of the molecule is Cc1ccccc1Cn1cnc(NS(=O)(=O)c2ccccc2)n1. The van der Waals surface area contributed by atoms with Crippen LogP contribution in [0.15, 0.2) is 65.8 Å². The lowest BCUT2D eigenvalue weighted by Crippen LogP contribution is -2.14. The summed E-state index contributed by atoms with van der Waals surface area (Å²) >= 11 is 0. The first-order chi connectivity index (χ1) is 11.0. The Morgan fingerprint density at radius 3 is 2.48 bits per heavy atom. The minimum atomic E-state index is -3.67. The molecule has 0 unspecified atom stereocenters. The summed E-state index contributed by atoms with van der Waals surface area (Å²) < 4.78 is 28.4. The van der Waals surface area contributed by atoms with E-state index < -0.39 is 10.0 Å². The number of benzene rings is 2. The summed E-state index contributed by atoms with van der Waals surface area (Å²) in [6.45, 7) is 2.55. The topological polar surface area (TPSA) is 76.9 Å². The molecule has 2 aromatic carbocycles. The van der Waals surface area contributed by atoms with Gasteiger partial charge in [0, 0.05) is 0 Å². The average molecular weight is 328 g/mol. The first-order valence-electron chi connectivity index (χ1n) is 7.06. The van der Waals surface area contributed by atoms with Crippen LogP contribution in [0.1, 0.15) is 11.1 Å². The number of hydrogen-bond donors (Lipinski definition) is 1. The van der Waals surface area contributed by atoms with E-state index >= 15 is 0 Å². The third kappa shape index (κ3) is 3.57. The lowest BCUT2D eigenvalue weighted by molar-refractivity contribution is 0.600. The Hall–Kier alpha value is -2.67. The van der Waals surface area contributed by atoms with Crippen molar-refractivity contribution in [2.45, 2.75) is 18.4 Å². The van der Waals surface area contributed by atoms with Crippen molar-refractivity contribution in [1.82, 2.24) is 14.8 Å². The normalized spacial score (nSPS) is 11.3. The van der Waals surface area contributed by atoms with Gasteiger partial charge in [-0.15, -0.1) is 5.10 Å². The van der Waals surface area contributed by atoms with Crippen LogP contribution in [0.5, 0.6) is 0 Å². The van der Waals surface area contributed by atoms with Crippen LogP contribution in [0.4, 0.5) is 5.95 Å². The summed E-state index contributed by atoms with van der Waals surface area (Å²) in [5.74, 6) is 0.0578. The van der Waals surface area contributed by atoms with Crippen molar-refractivity contribution >= 4 is 16.0 Å². The fraction of sp³-hybridized carbons (Fsp3) is 0.125. The van der Waals surface area contributed by atoms with Gasteiger partial charge in [-0.05, 0) is 30.2 Å². The first kappa shape index (κ1) is 15.2. The van der Waals surface area contributed by atoms with E-state index in [0.29, 0.717) is 6.54 Å². The van der Waals surface area contributed by atoms with Gasteiger partial charge in [0.25, 0.3) is 16.0 Å². The molecule has 3 rings (SSSR count). The van der Waals surface area contributed by atoms with E-state index in [2.05, 4.69) is 14.8 Å². The molecule has 0 radical (unpaired) electrons. The molecule has 118 valence electrons. The summed E-state index contributed by atoms with van der Waals surface area (Å²) in [6.07, 6.45) is 1.51. The van der Waals surface area contributed by atoms with E-state index in [-0.39, 0.29) is 10.8 Å². The van der Waals surface area contributed by atoms with E-state index in [1.807, 2.05) is 31.2 Å². The number of hydrogen-bond acceptors (Lipinski definition) is 4. The molecule has 0 saturated carbocycles. The van der Waals surface area contributed by atoms with E-state index in [1.54, 1.807) is 22.9 Å².